The van der Waals surface area contributed by atoms with Gasteiger partial charge >= 0.3 is 12.0 Å². The van der Waals surface area contributed by atoms with E-state index in [4.69, 9.17) is 5.11 Å². The second-order valence-corrected chi connectivity index (χ2v) is 4.86. The molecule has 102 valence electrons. The van der Waals surface area contributed by atoms with Crippen molar-refractivity contribution in [1.29, 1.82) is 0 Å². The van der Waals surface area contributed by atoms with Crippen molar-refractivity contribution in [2.75, 3.05) is 11.9 Å². The molecule has 1 aliphatic carbocycles. The summed E-state index contributed by atoms with van der Waals surface area (Å²) in [5.41, 5.74) is 0.219. The van der Waals surface area contributed by atoms with Crippen LogP contribution in [0, 0.1) is 5.41 Å². The Bertz CT molecular complexity index is 459. The second-order valence-electron chi connectivity index (χ2n) is 4.86. The number of urea groups is 1. The van der Waals surface area contributed by atoms with E-state index in [1.54, 1.807) is 0 Å². The van der Waals surface area contributed by atoms with E-state index in [0.29, 0.717) is 12.2 Å². The maximum absolute atomic E-state index is 11.7. The summed E-state index contributed by atoms with van der Waals surface area (Å²) in [5.74, 6) is -0.821. The molecule has 3 N–H and O–H groups in total. The molecule has 0 saturated heterocycles. The lowest BCUT2D eigenvalue weighted by molar-refractivity contribution is -0.141. The van der Waals surface area contributed by atoms with E-state index in [1.807, 2.05) is 0 Å². The molecule has 1 aromatic rings. The van der Waals surface area contributed by atoms with Crippen molar-refractivity contribution in [3.8, 4) is 0 Å². The number of anilines is 1. The maximum atomic E-state index is 11.7. The fraction of sp³-hybridized carbons (Fsp3) is 0.500. The Kier molecular flexibility index (Phi) is 3.94. The topological polar surface area (TPSA) is 104 Å². The molecule has 0 aliphatic heterocycles. The summed E-state index contributed by atoms with van der Waals surface area (Å²) in [7, 11) is 0. The van der Waals surface area contributed by atoms with Crippen LogP contribution in [0.15, 0.2) is 18.7 Å². The summed E-state index contributed by atoms with van der Waals surface area (Å²) in [4.78, 5) is 30.0. The Morgan fingerprint density at radius 1 is 1.32 bits per heavy atom. The fourth-order valence-corrected chi connectivity index (χ4v) is 2.22. The molecule has 7 heteroatoms. The molecule has 0 bridgehead atoms. The number of nitrogens with zero attached hydrogens (tertiary/aromatic N) is 2. The molecular formula is C12H16N4O3. The average Bonchev–Trinajstić information content (AvgIpc) is 2.33. The molecule has 0 unspecified atom stereocenters. The van der Waals surface area contributed by atoms with Crippen molar-refractivity contribution in [3.63, 3.8) is 0 Å². The molecule has 0 spiro atoms. The molecule has 0 atom stereocenters. The number of aliphatic carboxylic acids is 1. The summed E-state index contributed by atoms with van der Waals surface area (Å²) in [6.07, 6.45) is 7.15. The van der Waals surface area contributed by atoms with Crippen LogP contribution < -0.4 is 10.6 Å². The van der Waals surface area contributed by atoms with Crippen molar-refractivity contribution in [1.82, 2.24) is 15.3 Å². The molecule has 2 amide bonds. The highest BCUT2D eigenvalue weighted by Crippen LogP contribution is 2.43. The Balaban J connectivity index is 1.81. The minimum atomic E-state index is -0.821. The van der Waals surface area contributed by atoms with Crippen molar-refractivity contribution in [2.45, 2.75) is 25.7 Å². The van der Waals surface area contributed by atoms with E-state index in [-0.39, 0.29) is 17.9 Å². The quantitative estimate of drug-likeness (QED) is 0.742. The molecule has 1 saturated carbocycles. The molecular weight excluding hydrogens is 248 g/mol. The van der Waals surface area contributed by atoms with Gasteiger partial charge in [-0.25, -0.2) is 14.8 Å². The first-order valence-corrected chi connectivity index (χ1v) is 6.11. The van der Waals surface area contributed by atoms with Gasteiger partial charge < -0.3 is 15.7 Å². The van der Waals surface area contributed by atoms with Crippen LogP contribution in [0.3, 0.4) is 0 Å². The zero-order chi connectivity index (χ0) is 13.7. The van der Waals surface area contributed by atoms with Crippen LogP contribution in [0.2, 0.25) is 0 Å². The zero-order valence-corrected chi connectivity index (χ0v) is 10.4. The third-order valence-corrected chi connectivity index (χ3v) is 3.38. The van der Waals surface area contributed by atoms with Crippen molar-refractivity contribution >= 4 is 17.7 Å². The average molecular weight is 264 g/mol. The highest BCUT2D eigenvalue weighted by Gasteiger charge is 2.39. The van der Waals surface area contributed by atoms with E-state index in [1.165, 1.54) is 18.7 Å². The molecule has 0 radical (unpaired) electrons. The summed E-state index contributed by atoms with van der Waals surface area (Å²) >= 11 is 0. The molecule has 2 rings (SSSR count). The summed E-state index contributed by atoms with van der Waals surface area (Å²) < 4.78 is 0. The van der Waals surface area contributed by atoms with Gasteiger partial charge in [-0.1, -0.05) is 6.42 Å². The number of nitrogens with one attached hydrogen (secondary N) is 2. The van der Waals surface area contributed by atoms with Gasteiger partial charge in [0.1, 0.15) is 6.33 Å². The number of carboxylic acids is 1. The van der Waals surface area contributed by atoms with Gasteiger partial charge in [0.15, 0.2) is 0 Å². The largest absolute Gasteiger partial charge is 0.481 e. The van der Waals surface area contributed by atoms with Crippen LogP contribution in [0.4, 0.5) is 10.5 Å². The number of carbonyl (C=O) groups is 2. The first-order chi connectivity index (χ1) is 9.10. The third-order valence-electron chi connectivity index (χ3n) is 3.38. The van der Waals surface area contributed by atoms with E-state index in [9.17, 15) is 9.59 Å². The standard InChI is InChI=1S/C12H16N4O3/c17-10(18)4-12(2-1-3-12)7-15-11(19)16-9-5-13-8-14-6-9/h5-6,8H,1-4,7H2,(H,17,18)(H2,15,16,19). The number of carboxylic acid groups (broad SMARTS) is 1. The maximum Gasteiger partial charge on any atom is 0.319 e. The van der Waals surface area contributed by atoms with Gasteiger partial charge in [0.25, 0.3) is 0 Å². The lowest BCUT2D eigenvalue weighted by atomic mass is 9.66. The first-order valence-electron chi connectivity index (χ1n) is 6.11. The number of rotatable bonds is 5. The highest BCUT2D eigenvalue weighted by molar-refractivity contribution is 5.88. The Morgan fingerprint density at radius 3 is 2.53 bits per heavy atom. The monoisotopic (exact) mass is 264 g/mol. The number of carbonyl (C=O) groups excluding carboxylic acids is 1. The molecule has 7 nitrogen and oxygen atoms in total. The molecule has 19 heavy (non-hydrogen) atoms. The van der Waals surface area contributed by atoms with Crippen LogP contribution in [0.5, 0.6) is 0 Å². The molecule has 1 aliphatic rings. The number of hydrogen-bond acceptors (Lipinski definition) is 4. The zero-order valence-electron chi connectivity index (χ0n) is 10.4. The molecule has 1 aromatic heterocycles. The van der Waals surface area contributed by atoms with Gasteiger partial charge in [-0.2, -0.15) is 0 Å². The van der Waals surface area contributed by atoms with Crippen LogP contribution in [0.25, 0.3) is 0 Å². The van der Waals surface area contributed by atoms with Crippen LogP contribution in [-0.4, -0.2) is 33.6 Å². The Hall–Kier alpha value is -2.18. The molecule has 0 aromatic carbocycles. The van der Waals surface area contributed by atoms with Gasteiger partial charge in [0.05, 0.1) is 24.5 Å². The summed E-state index contributed by atoms with van der Waals surface area (Å²) in [5, 5.41) is 14.2. The Labute approximate surface area is 110 Å². The van der Waals surface area contributed by atoms with Crippen molar-refractivity contribution in [2.24, 2.45) is 5.41 Å². The predicted octanol–water partition coefficient (Wildman–Crippen LogP) is 1.24. The van der Waals surface area contributed by atoms with E-state index < -0.39 is 5.97 Å². The Morgan fingerprint density at radius 2 is 2.00 bits per heavy atom. The SMILES string of the molecule is O=C(O)CC1(CNC(=O)Nc2cncnc2)CCC1. The van der Waals surface area contributed by atoms with Crippen LogP contribution >= 0.6 is 0 Å². The van der Waals surface area contributed by atoms with Gasteiger partial charge in [0, 0.05) is 6.54 Å². The minimum Gasteiger partial charge on any atom is -0.481 e. The van der Waals surface area contributed by atoms with Gasteiger partial charge in [-0.05, 0) is 18.3 Å². The number of aromatic nitrogens is 2. The smallest absolute Gasteiger partial charge is 0.319 e. The minimum absolute atomic E-state index is 0.0989. The van der Waals surface area contributed by atoms with Gasteiger partial charge in [0.2, 0.25) is 0 Å². The van der Waals surface area contributed by atoms with Crippen LogP contribution in [0.1, 0.15) is 25.7 Å². The van der Waals surface area contributed by atoms with Gasteiger partial charge in [-0.15, -0.1) is 0 Å². The molecule has 1 heterocycles. The summed E-state index contributed by atoms with van der Waals surface area (Å²) in [6, 6.07) is -0.369. The highest BCUT2D eigenvalue weighted by atomic mass is 16.4. The third kappa shape index (κ3) is 3.64. The molecule has 1 fully saturated rings. The second kappa shape index (κ2) is 5.64. The predicted molar refractivity (Wildman–Crippen MR) is 67.6 cm³/mol. The van der Waals surface area contributed by atoms with E-state index in [2.05, 4.69) is 20.6 Å². The lowest BCUT2D eigenvalue weighted by Gasteiger charge is -2.40. The fourth-order valence-electron chi connectivity index (χ4n) is 2.22. The van der Waals surface area contributed by atoms with Crippen molar-refractivity contribution in [3.05, 3.63) is 18.7 Å². The number of amides is 2. The van der Waals surface area contributed by atoms with Crippen LogP contribution in [-0.2, 0) is 4.79 Å². The summed E-state index contributed by atoms with van der Waals surface area (Å²) in [6.45, 7) is 0.374. The van der Waals surface area contributed by atoms with E-state index >= 15 is 0 Å². The number of hydrogen-bond donors (Lipinski definition) is 3. The van der Waals surface area contributed by atoms with E-state index in [0.717, 1.165) is 19.3 Å². The van der Waals surface area contributed by atoms with Gasteiger partial charge in [-0.3, -0.25) is 4.79 Å². The first kappa shape index (κ1) is 13.3. The van der Waals surface area contributed by atoms with Crippen molar-refractivity contribution < 1.29 is 14.7 Å². The normalized spacial score (nSPS) is 16.2. The lowest BCUT2D eigenvalue weighted by Crippen LogP contribution is -2.44.